The van der Waals surface area contributed by atoms with Crippen molar-refractivity contribution in [3.8, 4) is 5.75 Å². The van der Waals surface area contributed by atoms with Crippen molar-refractivity contribution in [1.29, 1.82) is 0 Å². The minimum Gasteiger partial charge on any atom is -0.478 e. The zero-order chi connectivity index (χ0) is 17.4. The molecule has 2 rings (SSSR count). The summed E-state index contributed by atoms with van der Waals surface area (Å²) in [6.07, 6.45) is -6.26. The van der Waals surface area contributed by atoms with Crippen LogP contribution in [0.5, 0.6) is 5.75 Å². The van der Waals surface area contributed by atoms with Crippen molar-refractivity contribution in [2.24, 2.45) is 5.41 Å². The Kier molecular flexibility index (Phi) is 4.32. The molecule has 23 heavy (non-hydrogen) atoms. The van der Waals surface area contributed by atoms with E-state index in [0.717, 1.165) is 6.08 Å². The molecule has 0 bridgehead atoms. The van der Waals surface area contributed by atoms with Gasteiger partial charge < -0.3 is 15.2 Å². The number of nitrogens with one attached hydrogen (secondary N) is 1. The quantitative estimate of drug-likeness (QED) is 0.882. The van der Waals surface area contributed by atoms with E-state index < -0.39 is 23.8 Å². The number of rotatable bonds is 3. The molecule has 1 aromatic carbocycles. The van der Waals surface area contributed by atoms with E-state index in [4.69, 9.17) is 9.84 Å². The van der Waals surface area contributed by atoms with E-state index >= 15 is 0 Å². The van der Waals surface area contributed by atoms with Crippen molar-refractivity contribution >= 4 is 17.7 Å². The van der Waals surface area contributed by atoms with Crippen LogP contribution in [-0.4, -0.2) is 29.9 Å². The van der Waals surface area contributed by atoms with Gasteiger partial charge in [0.15, 0.2) is 0 Å². The van der Waals surface area contributed by atoms with E-state index in [9.17, 15) is 18.0 Å². The minimum atomic E-state index is -4.79. The summed E-state index contributed by atoms with van der Waals surface area (Å²) in [4.78, 5) is 11.0. The third-order valence-corrected chi connectivity index (χ3v) is 3.22. The Balaban J connectivity index is 2.33. The monoisotopic (exact) mass is 329 g/mol. The van der Waals surface area contributed by atoms with Gasteiger partial charge in [-0.15, -0.1) is 0 Å². The van der Waals surface area contributed by atoms with E-state index in [1.807, 2.05) is 20.8 Å². The first-order valence-corrected chi connectivity index (χ1v) is 7.03. The molecule has 0 saturated carbocycles. The van der Waals surface area contributed by atoms with E-state index in [2.05, 4.69) is 5.32 Å². The Morgan fingerprint density at radius 3 is 2.48 bits per heavy atom. The van der Waals surface area contributed by atoms with Gasteiger partial charge in [-0.1, -0.05) is 20.8 Å². The second-order valence-electron chi connectivity index (χ2n) is 6.61. The van der Waals surface area contributed by atoms with Crippen LogP contribution in [-0.2, 0) is 4.79 Å². The van der Waals surface area contributed by atoms with Gasteiger partial charge in [0.05, 0.1) is 5.57 Å². The number of alkyl halides is 3. The number of halogens is 3. The van der Waals surface area contributed by atoms with Crippen molar-refractivity contribution in [3.63, 3.8) is 0 Å². The summed E-state index contributed by atoms with van der Waals surface area (Å²) in [5.41, 5.74) is 0.109. The maximum absolute atomic E-state index is 13.0. The summed E-state index contributed by atoms with van der Waals surface area (Å²) in [6, 6.07) is 4.67. The van der Waals surface area contributed by atoms with Crippen LogP contribution in [0.4, 0.5) is 18.9 Å². The van der Waals surface area contributed by atoms with E-state index in [0.29, 0.717) is 17.8 Å². The molecular formula is C16H18F3NO3. The lowest BCUT2D eigenvalue weighted by atomic mass is 9.96. The molecular weight excluding hydrogens is 311 g/mol. The van der Waals surface area contributed by atoms with Crippen LogP contribution in [0.15, 0.2) is 23.8 Å². The SMILES string of the molecule is CC(C)(C)CNc1ccc2c(c1)OC(C(F)(F)F)C(C(=O)O)=C2. The van der Waals surface area contributed by atoms with Gasteiger partial charge in [0, 0.05) is 23.9 Å². The van der Waals surface area contributed by atoms with Crippen molar-refractivity contribution in [2.75, 3.05) is 11.9 Å². The number of hydrogen-bond donors (Lipinski definition) is 2. The molecule has 1 heterocycles. The van der Waals surface area contributed by atoms with Gasteiger partial charge in [-0.2, -0.15) is 13.2 Å². The molecule has 1 aromatic rings. The fourth-order valence-electron chi connectivity index (χ4n) is 2.08. The Bertz CT molecular complexity index is 645. The summed E-state index contributed by atoms with van der Waals surface area (Å²) in [5.74, 6) is -1.64. The number of carboxylic acid groups (broad SMARTS) is 1. The first-order chi connectivity index (χ1) is 10.5. The Morgan fingerprint density at radius 2 is 1.96 bits per heavy atom. The zero-order valence-corrected chi connectivity index (χ0v) is 13.0. The molecule has 7 heteroatoms. The lowest BCUT2D eigenvalue weighted by molar-refractivity contribution is -0.187. The summed E-state index contributed by atoms with van der Waals surface area (Å²) in [5, 5.41) is 12.1. The number of carboxylic acids is 1. The summed E-state index contributed by atoms with van der Waals surface area (Å²) >= 11 is 0. The molecule has 1 atom stereocenters. The van der Waals surface area contributed by atoms with Crippen LogP contribution in [0.2, 0.25) is 0 Å². The van der Waals surface area contributed by atoms with Crippen molar-refractivity contribution in [1.82, 2.24) is 0 Å². The van der Waals surface area contributed by atoms with Gasteiger partial charge in [-0.05, 0) is 23.6 Å². The van der Waals surface area contributed by atoms with E-state index in [-0.39, 0.29) is 11.2 Å². The molecule has 126 valence electrons. The van der Waals surface area contributed by atoms with Crippen LogP contribution >= 0.6 is 0 Å². The highest BCUT2D eigenvalue weighted by Gasteiger charge is 2.48. The van der Waals surface area contributed by atoms with Gasteiger partial charge in [0.2, 0.25) is 6.10 Å². The number of hydrogen-bond acceptors (Lipinski definition) is 3. The van der Waals surface area contributed by atoms with Crippen molar-refractivity contribution in [2.45, 2.75) is 33.1 Å². The van der Waals surface area contributed by atoms with E-state index in [1.165, 1.54) is 12.1 Å². The molecule has 0 saturated heterocycles. The fourth-order valence-corrected chi connectivity index (χ4v) is 2.08. The number of aliphatic carboxylic acids is 1. The molecule has 0 radical (unpaired) electrons. The molecule has 0 aliphatic carbocycles. The maximum Gasteiger partial charge on any atom is 0.430 e. The van der Waals surface area contributed by atoms with Gasteiger partial charge in [-0.3, -0.25) is 0 Å². The smallest absolute Gasteiger partial charge is 0.430 e. The Labute approximate surface area is 132 Å². The highest BCUT2D eigenvalue weighted by atomic mass is 19.4. The standard InChI is InChI=1S/C16H18F3NO3/c1-15(2,3)8-20-10-5-4-9-6-11(14(21)22)13(16(17,18)19)23-12(9)7-10/h4-7,13,20H,8H2,1-3H3,(H,21,22). The molecule has 1 aliphatic rings. The highest BCUT2D eigenvalue weighted by molar-refractivity contribution is 5.95. The Hall–Kier alpha value is -2.18. The fraction of sp³-hybridized carbons (Fsp3) is 0.438. The number of fused-ring (bicyclic) bond motifs is 1. The highest BCUT2D eigenvalue weighted by Crippen LogP contribution is 2.38. The topological polar surface area (TPSA) is 58.6 Å². The van der Waals surface area contributed by atoms with Gasteiger partial charge in [0.25, 0.3) is 0 Å². The number of anilines is 1. The molecule has 1 unspecified atom stereocenters. The third-order valence-electron chi connectivity index (χ3n) is 3.22. The summed E-state index contributed by atoms with van der Waals surface area (Å²) in [6.45, 7) is 6.70. The Morgan fingerprint density at radius 1 is 1.30 bits per heavy atom. The van der Waals surface area contributed by atoms with Crippen LogP contribution in [0.25, 0.3) is 6.08 Å². The second-order valence-corrected chi connectivity index (χ2v) is 6.61. The molecule has 4 nitrogen and oxygen atoms in total. The average molecular weight is 329 g/mol. The molecule has 0 amide bonds. The predicted octanol–water partition coefficient (Wildman–Crippen LogP) is 3.94. The molecule has 0 aromatic heterocycles. The van der Waals surface area contributed by atoms with Gasteiger partial charge in [0.1, 0.15) is 5.75 Å². The number of ether oxygens (including phenoxy) is 1. The first-order valence-electron chi connectivity index (χ1n) is 7.03. The van der Waals surface area contributed by atoms with Crippen LogP contribution in [0, 0.1) is 5.41 Å². The molecule has 1 aliphatic heterocycles. The normalized spacial score (nSPS) is 17.8. The van der Waals surface area contributed by atoms with Crippen LogP contribution in [0.1, 0.15) is 26.3 Å². The number of carbonyl (C=O) groups is 1. The lowest BCUT2D eigenvalue weighted by Crippen LogP contribution is -2.40. The minimum absolute atomic E-state index is 0.00163. The van der Waals surface area contributed by atoms with Crippen molar-refractivity contribution < 1.29 is 27.8 Å². The first kappa shape index (κ1) is 17.2. The average Bonchev–Trinajstić information content (AvgIpc) is 2.41. The number of benzene rings is 1. The maximum atomic E-state index is 13.0. The third kappa shape index (κ3) is 4.18. The lowest BCUT2D eigenvalue weighted by Gasteiger charge is -2.27. The van der Waals surface area contributed by atoms with Crippen molar-refractivity contribution in [3.05, 3.63) is 29.3 Å². The molecule has 0 spiro atoms. The molecule has 2 N–H and O–H groups in total. The van der Waals surface area contributed by atoms with E-state index in [1.54, 1.807) is 6.07 Å². The van der Waals surface area contributed by atoms with Crippen LogP contribution in [0.3, 0.4) is 0 Å². The second kappa shape index (κ2) is 5.79. The largest absolute Gasteiger partial charge is 0.478 e. The van der Waals surface area contributed by atoms with Crippen LogP contribution < -0.4 is 10.1 Å². The molecule has 0 fully saturated rings. The van der Waals surface area contributed by atoms with Gasteiger partial charge in [-0.25, -0.2) is 4.79 Å². The van der Waals surface area contributed by atoms with Gasteiger partial charge >= 0.3 is 12.1 Å². The summed E-state index contributed by atoms with van der Waals surface area (Å²) < 4.78 is 43.9. The zero-order valence-electron chi connectivity index (χ0n) is 13.0. The predicted molar refractivity (Wildman–Crippen MR) is 80.5 cm³/mol. The summed E-state index contributed by atoms with van der Waals surface area (Å²) in [7, 11) is 0.